The first-order valence-electron chi connectivity index (χ1n) is 21.9. The Labute approximate surface area is 380 Å². The number of benzene rings is 9. The van der Waals surface area contributed by atoms with Crippen molar-refractivity contribution in [2.75, 3.05) is 0 Å². The Morgan fingerprint density at radius 1 is 0.364 bits per heavy atom. The fraction of sp³-hybridized carbons (Fsp3) is 0. The molecule has 3 aromatic heterocycles. The number of para-hydroxylation sites is 3. The lowest BCUT2D eigenvalue weighted by Crippen LogP contribution is -2.03. The Hall–Kier alpha value is -9.36. The van der Waals surface area contributed by atoms with E-state index in [0.29, 0.717) is 17.0 Å². The molecule has 0 aliphatic heterocycles. The highest BCUT2D eigenvalue weighted by Crippen LogP contribution is 2.47. The van der Waals surface area contributed by atoms with Gasteiger partial charge in [-0.3, -0.25) is 0 Å². The first-order chi connectivity index (χ1) is 32.6. The van der Waals surface area contributed by atoms with Gasteiger partial charge in [-0.25, -0.2) is 9.97 Å². The SMILES string of the molecule is N#Cc1ccc(-c2cc(-c3cc(-c4ccccc4)nc(-c4ccccc4)n3)cc(-c3ccc(C#N)cc3)c2-n2c3ccccc3c3c2ccc2c4ccccc4n(-c4ccccc4)c23)cc1. The fourth-order valence-corrected chi connectivity index (χ4v) is 9.58. The zero-order chi connectivity index (χ0) is 44.1. The van der Waals surface area contributed by atoms with Crippen molar-refractivity contribution in [1.29, 1.82) is 10.5 Å². The summed E-state index contributed by atoms with van der Waals surface area (Å²) in [5.74, 6) is 0.621. The number of fused-ring (bicyclic) bond motifs is 7. The van der Waals surface area contributed by atoms with Crippen molar-refractivity contribution >= 4 is 43.6 Å². The Morgan fingerprint density at radius 2 is 0.864 bits per heavy atom. The van der Waals surface area contributed by atoms with Gasteiger partial charge in [-0.2, -0.15) is 10.5 Å². The van der Waals surface area contributed by atoms with Crippen LogP contribution in [0.3, 0.4) is 0 Å². The number of rotatable bonds is 7. The summed E-state index contributed by atoms with van der Waals surface area (Å²) in [5.41, 5.74) is 15.7. The molecule has 6 nitrogen and oxygen atoms in total. The van der Waals surface area contributed by atoms with Crippen LogP contribution in [0.1, 0.15) is 11.1 Å². The van der Waals surface area contributed by atoms with Gasteiger partial charge in [0.1, 0.15) is 0 Å². The van der Waals surface area contributed by atoms with Gasteiger partial charge in [0, 0.05) is 55.0 Å². The lowest BCUT2D eigenvalue weighted by molar-refractivity contribution is 1.17. The van der Waals surface area contributed by atoms with E-state index in [1.807, 2.05) is 97.1 Å². The van der Waals surface area contributed by atoms with E-state index in [2.05, 4.69) is 143 Å². The predicted molar refractivity (Wildman–Crippen MR) is 267 cm³/mol. The molecule has 9 aromatic carbocycles. The van der Waals surface area contributed by atoms with E-state index in [4.69, 9.17) is 9.97 Å². The molecule has 0 N–H and O–H groups in total. The molecule has 0 aliphatic carbocycles. The molecule has 0 atom stereocenters. The van der Waals surface area contributed by atoms with Crippen molar-refractivity contribution < 1.29 is 0 Å². The van der Waals surface area contributed by atoms with E-state index in [0.717, 1.165) is 94.5 Å². The minimum absolute atomic E-state index is 0.576. The Morgan fingerprint density at radius 3 is 1.45 bits per heavy atom. The Balaban J connectivity index is 1.23. The molecular weight excluding hydrogens is 805 g/mol. The average Bonchev–Trinajstić information content (AvgIpc) is 3.92. The maximum Gasteiger partial charge on any atom is 0.160 e. The van der Waals surface area contributed by atoms with Crippen LogP contribution in [0.15, 0.2) is 218 Å². The van der Waals surface area contributed by atoms with Crippen LogP contribution < -0.4 is 0 Å². The molecule has 0 aliphatic rings. The Bertz CT molecular complexity index is 3770. The van der Waals surface area contributed by atoms with E-state index in [-0.39, 0.29) is 0 Å². The second-order valence-corrected chi connectivity index (χ2v) is 16.4. The molecule has 3 heterocycles. The Kier molecular flexibility index (Phi) is 9.16. The van der Waals surface area contributed by atoms with E-state index in [1.165, 1.54) is 10.8 Å². The van der Waals surface area contributed by atoms with Crippen molar-refractivity contribution in [2.45, 2.75) is 0 Å². The molecule has 0 radical (unpaired) electrons. The molecule has 66 heavy (non-hydrogen) atoms. The van der Waals surface area contributed by atoms with Gasteiger partial charge in [-0.1, -0.05) is 146 Å². The van der Waals surface area contributed by atoms with Crippen molar-refractivity contribution in [2.24, 2.45) is 0 Å². The van der Waals surface area contributed by atoms with Crippen LogP contribution in [0.4, 0.5) is 0 Å². The summed E-state index contributed by atoms with van der Waals surface area (Å²) in [6.45, 7) is 0. The first-order valence-corrected chi connectivity index (χ1v) is 21.9. The number of nitrogens with zero attached hydrogens (tertiary/aromatic N) is 6. The normalized spacial score (nSPS) is 11.3. The maximum atomic E-state index is 9.96. The molecule has 0 spiro atoms. The molecule has 0 saturated heterocycles. The summed E-state index contributed by atoms with van der Waals surface area (Å²) < 4.78 is 4.81. The van der Waals surface area contributed by atoms with Crippen LogP contribution in [0.25, 0.3) is 111 Å². The largest absolute Gasteiger partial charge is 0.309 e. The summed E-state index contributed by atoms with van der Waals surface area (Å²) in [7, 11) is 0. The van der Waals surface area contributed by atoms with Crippen LogP contribution in [-0.2, 0) is 0 Å². The number of hydrogen-bond donors (Lipinski definition) is 0. The lowest BCUT2D eigenvalue weighted by Gasteiger charge is -2.21. The summed E-state index contributed by atoms with van der Waals surface area (Å²) >= 11 is 0. The standard InChI is InChI=1S/C60H36N6/c61-37-39-24-28-41(29-25-39)50-34-45(53-36-52(43-14-4-1-5-15-43)63-60(64-53)44-16-6-2-7-17-44)35-51(42-30-26-40(38-62)27-31-42)58(50)66-55-23-13-11-21-49(55)57-56(66)33-32-48-47-20-10-12-22-54(47)65(59(48)57)46-18-8-3-9-19-46/h1-36H. The first kappa shape index (κ1) is 38.3. The topological polar surface area (TPSA) is 83.2 Å². The second-order valence-electron chi connectivity index (χ2n) is 16.4. The van der Waals surface area contributed by atoms with Gasteiger partial charge in [0.2, 0.25) is 0 Å². The molecule has 12 rings (SSSR count). The second kappa shape index (κ2) is 15.8. The van der Waals surface area contributed by atoms with Crippen molar-refractivity contribution in [3.05, 3.63) is 230 Å². The monoisotopic (exact) mass is 840 g/mol. The van der Waals surface area contributed by atoms with Gasteiger partial charge >= 0.3 is 0 Å². The molecule has 0 unspecified atom stereocenters. The quantitative estimate of drug-likeness (QED) is 0.160. The maximum absolute atomic E-state index is 9.96. The van der Waals surface area contributed by atoms with Gasteiger partial charge in [-0.05, 0) is 83.9 Å². The third kappa shape index (κ3) is 6.33. The number of nitriles is 2. The van der Waals surface area contributed by atoms with Crippen molar-refractivity contribution in [3.63, 3.8) is 0 Å². The third-order valence-corrected chi connectivity index (χ3v) is 12.6. The third-order valence-electron chi connectivity index (χ3n) is 12.6. The number of hydrogen-bond acceptors (Lipinski definition) is 4. The van der Waals surface area contributed by atoms with Gasteiger partial charge in [0.25, 0.3) is 0 Å². The van der Waals surface area contributed by atoms with Crippen molar-refractivity contribution in [1.82, 2.24) is 19.1 Å². The molecule has 306 valence electrons. The van der Waals surface area contributed by atoms with E-state index < -0.39 is 0 Å². The van der Waals surface area contributed by atoms with E-state index >= 15 is 0 Å². The number of aromatic nitrogens is 4. The molecule has 12 aromatic rings. The van der Waals surface area contributed by atoms with Gasteiger partial charge in [0.05, 0.1) is 62.4 Å². The highest BCUT2D eigenvalue weighted by Gasteiger charge is 2.25. The van der Waals surface area contributed by atoms with Crippen LogP contribution >= 0.6 is 0 Å². The molecule has 6 heteroatoms. The molecule has 0 fully saturated rings. The molecular formula is C60H36N6. The summed E-state index contributed by atoms with van der Waals surface area (Å²) in [6.07, 6.45) is 0. The van der Waals surface area contributed by atoms with Crippen LogP contribution in [-0.4, -0.2) is 19.1 Å². The van der Waals surface area contributed by atoms with Crippen LogP contribution in [0.2, 0.25) is 0 Å². The van der Waals surface area contributed by atoms with Crippen LogP contribution in [0, 0.1) is 22.7 Å². The van der Waals surface area contributed by atoms with E-state index in [1.54, 1.807) is 0 Å². The zero-order valence-corrected chi connectivity index (χ0v) is 35.5. The summed E-state index contributed by atoms with van der Waals surface area (Å²) in [4.78, 5) is 10.4. The smallest absolute Gasteiger partial charge is 0.160 e. The van der Waals surface area contributed by atoms with Gasteiger partial charge < -0.3 is 9.13 Å². The highest BCUT2D eigenvalue weighted by molar-refractivity contribution is 6.26. The minimum atomic E-state index is 0.576. The zero-order valence-electron chi connectivity index (χ0n) is 35.5. The average molecular weight is 841 g/mol. The van der Waals surface area contributed by atoms with Crippen molar-refractivity contribution in [3.8, 4) is 79.7 Å². The lowest BCUT2D eigenvalue weighted by atomic mass is 9.91. The van der Waals surface area contributed by atoms with Gasteiger partial charge in [0.15, 0.2) is 5.82 Å². The predicted octanol–water partition coefficient (Wildman–Crippen LogP) is 14.7. The summed E-state index contributed by atoms with van der Waals surface area (Å²) in [5, 5.41) is 24.5. The summed E-state index contributed by atoms with van der Waals surface area (Å²) in [6, 6.07) is 79.6. The molecule has 0 saturated carbocycles. The molecule has 0 bridgehead atoms. The van der Waals surface area contributed by atoms with Gasteiger partial charge in [-0.15, -0.1) is 0 Å². The fourth-order valence-electron chi connectivity index (χ4n) is 9.58. The minimum Gasteiger partial charge on any atom is -0.309 e. The highest BCUT2D eigenvalue weighted by atomic mass is 15.0. The van der Waals surface area contributed by atoms with Crippen LogP contribution in [0.5, 0.6) is 0 Å². The molecule has 0 amide bonds. The van der Waals surface area contributed by atoms with E-state index in [9.17, 15) is 10.5 Å².